The van der Waals surface area contributed by atoms with Crippen molar-refractivity contribution in [3.8, 4) is 5.75 Å². The summed E-state index contributed by atoms with van der Waals surface area (Å²) in [5, 5.41) is 7.05. The van der Waals surface area contributed by atoms with Crippen molar-refractivity contribution in [3.05, 3.63) is 41.1 Å². The van der Waals surface area contributed by atoms with Crippen LogP contribution >= 0.6 is 11.6 Å². The summed E-state index contributed by atoms with van der Waals surface area (Å²) in [6, 6.07) is 8.83. The van der Waals surface area contributed by atoms with Crippen LogP contribution in [-0.4, -0.2) is 42.7 Å². The van der Waals surface area contributed by atoms with Crippen molar-refractivity contribution in [1.29, 1.82) is 0 Å². The number of nitrogens with zero attached hydrogens (tertiary/aromatic N) is 2. The van der Waals surface area contributed by atoms with E-state index < -0.39 is 0 Å². The second-order valence-electron chi connectivity index (χ2n) is 4.91. The van der Waals surface area contributed by atoms with Crippen LogP contribution in [0.4, 0.5) is 5.82 Å². The van der Waals surface area contributed by atoms with Crippen LogP contribution in [0.1, 0.15) is 5.76 Å². The molecule has 0 unspecified atom stereocenters. The Morgan fingerprint density at radius 2 is 2.14 bits per heavy atom. The highest BCUT2D eigenvalue weighted by Gasteiger charge is 2.09. The number of carbonyl (C=O) groups excluding carboxylic acids is 1. The molecule has 0 bridgehead atoms. The van der Waals surface area contributed by atoms with E-state index in [0.717, 1.165) is 5.75 Å². The first kappa shape index (κ1) is 16.3. The third-order valence-corrected chi connectivity index (χ3v) is 3.12. The molecule has 0 spiro atoms. The van der Waals surface area contributed by atoms with E-state index in [1.165, 1.54) is 0 Å². The van der Waals surface area contributed by atoms with Gasteiger partial charge in [0.2, 0.25) is 5.91 Å². The molecule has 2 aromatic rings. The van der Waals surface area contributed by atoms with Crippen molar-refractivity contribution in [2.45, 2.75) is 6.92 Å². The molecule has 6 nitrogen and oxygen atoms in total. The van der Waals surface area contributed by atoms with E-state index in [1.807, 2.05) is 24.1 Å². The van der Waals surface area contributed by atoms with E-state index in [0.29, 0.717) is 29.8 Å². The van der Waals surface area contributed by atoms with E-state index in [9.17, 15) is 4.79 Å². The molecular weight excluding hydrogens is 306 g/mol. The molecule has 2 rings (SSSR count). The molecular formula is C15H18ClN3O3. The Labute approximate surface area is 134 Å². The van der Waals surface area contributed by atoms with Gasteiger partial charge < -0.3 is 14.6 Å². The number of nitrogens with one attached hydrogen (secondary N) is 1. The van der Waals surface area contributed by atoms with Gasteiger partial charge in [-0.1, -0.05) is 16.8 Å². The van der Waals surface area contributed by atoms with Crippen LogP contribution in [0.5, 0.6) is 5.75 Å². The number of hydrogen-bond acceptors (Lipinski definition) is 5. The van der Waals surface area contributed by atoms with Crippen LogP contribution in [0.2, 0.25) is 5.02 Å². The van der Waals surface area contributed by atoms with Crippen molar-refractivity contribution in [3.63, 3.8) is 0 Å². The van der Waals surface area contributed by atoms with Crippen LogP contribution in [0.25, 0.3) is 0 Å². The van der Waals surface area contributed by atoms with Gasteiger partial charge in [0.1, 0.15) is 18.1 Å². The lowest BCUT2D eigenvalue weighted by atomic mass is 10.3. The summed E-state index contributed by atoms with van der Waals surface area (Å²) < 4.78 is 10.5. The third kappa shape index (κ3) is 5.38. The first-order chi connectivity index (χ1) is 10.5. The average Bonchev–Trinajstić information content (AvgIpc) is 2.86. The molecule has 0 radical (unpaired) electrons. The number of benzene rings is 1. The Hall–Kier alpha value is -2.05. The molecule has 0 aliphatic heterocycles. The van der Waals surface area contributed by atoms with Crippen molar-refractivity contribution >= 4 is 23.3 Å². The maximum atomic E-state index is 11.8. The fourth-order valence-electron chi connectivity index (χ4n) is 1.78. The monoisotopic (exact) mass is 323 g/mol. The zero-order chi connectivity index (χ0) is 15.9. The van der Waals surface area contributed by atoms with Gasteiger partial charge in [-0.15, -0.1) is 0 Å². The fourth-order valence-corrected chi connectivity index (χ4v) is 1.91. The maximum absolute atomic E-state index is 11.8. The van der Waals surface area contributed by atoms with Crippen molar-refractivity contribution < 1.29 is 14.1 Å². The Balaban J connectivity index is 1.67. The number of likely N-dealkylation sites (N-methyl/N-ethyl adjacent to an activating group) is 1. The van der Waals surface area contributed by atoms with Gasteiger partial charge >= 0.3 is 0 Å². The van der Waals surface area contributed by atoms with E-state index >= 15 is 0 Å². The zero-order valence-electron chi connectivity index (χ0n) is 12.5. The van der Waals surface area contributed by atoms with Gasteiger partial charge in [-0.3, -0.25) is 9.69 Å². The van der Waals surface area contributed by atoms with E-state index in [4.69, 9.17) is 20.9 Å². The molecule has 1 N–H and O–H groups in total. The SMILES string of the molecule is Cc1cc(NC(=O)CN(C)CCOc2ccc(Cl)cc2)no1. The minimum Gasteiger partial charge on any atom is -0.492 e. The number of aryl methyl sites for hydroxylation is 1. The lowest BCUT2D eigenvalue weighted by Gasteiger charge is -2.16. The largest absolute Gasteiger partial charge is 0.492 e. The van der Waals surface area contributed by atoms with Gasteiger partial charge in [0.25, 0.3) is 0 Å². The zero-order valence-corrected chi connectivity index (χ0v) is 13.3. The second kappa shape index (κ2) is 7.82. The molecule has 0 fully saturated rings. The number of carbonyl (C=O) groups is 1. The summed E-state index contributed by atoms with van der Waals surface area (Å²) in [6.07, 6.45) is 0. The normalized spacial score (nSPS) is 10.7. The summed E-state index contributed by atoms with van der Waals surface area (Å²) in [7, 11) is 1.85. The van der Waals surface area contributed by atoms with Gasteiger partial charge in [0.15, 0.2) is 5.82 Å². The van der Waals surface area contributed by atoms with Crippen LogP contribution < -0.4 is 10.1 Å². The first-order valence-electron chi connectivity index (χ1n) is 6.83. The molecule has 0 saturated carbocycles. The highest BCUT2D eigenvalue weighted by molar-refractivity contribution is 6.30. The lowest BCUT2D eigenvalue weighted by Crippen LogP contribution is -2.33. The molecule has 0 aliphatic rings. The van der Waals surface area contributed by atoms with E-state index in [2.05, 4.69) is 10.5 Å². The Kier molecular flexibility index (Phi) is 5.80. The van der Waals surface area contributed by atoms with Gasteiger partial charge in [0.05, 0.1) is 6.54 Å². The molecule has 0 aliphatic carbocycles. The quantitative estimate of drug-likeness (QED) is 0.848. The van der Waals surface area contributed by atoms with Gasteiger partial charge in [-0.2, -0.15) is 0 Å². The van der Waals surface area contributed by atoms with Crippen LogP contribution in [0, 0.1) is 6.92 Å². The van der Waals surface area contributed by atoms with Crippen LogP contribution in [-0.2, 0) is 4.79 Å². The smallest absolute Gasteiger partial charge is 0.239 e. The molecule has 7 heteroatoms. The molecule has 118 valence electrons. The highest BCUT2D eigenvalue weighted by Crippen LogP contribution is 2.15. The Morgan fingerprint density at radius 3 is 2.77 bits per heavy atom. The number of amides is 1. The summed E-state index contributed by atoms with van der Waals surface area (Å²) in [4.78, 5) is 13.7. The molecule has 1 aromatic heterocycles. The molecule has 0 atom stereocenters. The molecule has 0 saturated heterocycles. The molecule has 22 heavy (non-hydrogen) atoms. The summed E-state index contributed by atoms with van der Waals surface area (Å²) in [5.74, 6) is 1.68. The predicted molar refractivity (Wildman–Crippen MR) is 84.3 cm³/mol. The van der Waals surface area contributed by atoms with Crippen molar-refractivity contribution in [1.82, 2.24) is 10.1 Å². The van der Waals surface area contributed by atoms with Crippen LogP contribution in [0.15, 0.2) is 34.9 Å². The van der Waals surface area contributed by atoms with Gasteiger partial charge in [0, 0.05) is 17.6 Å². The average molecular weight is 324 g/mol. The molecule has 1 heterocycles. The number of halogens is 1. The number of anilines is 1. The minimum absolute atomic E-state index is 0.151. The Morgan fingerprint density at radius 1 is 1.41 bits per heavy atom. The number of hydrogen-bond donors (Lipinski definition) is 1. The van der Waals surface area contributed by atoms with E-state index in [-0.39, 0.29) is 12.5 Å². The predicted octanol–water partition coefficient (Wildman–Crippen LogP) is 2.59. The van der Waals surface area contributed by atoms with Gasteiger partial charge in [-0.25, -0.2) is 0 Å². The first-order valence-corrected chi connectivity index (χ1v) is 7.21. The van der Waals surface area contributed by atoms with Gasteiger partial charge in [-0.05, 0) is 38.2 Å². The number of aromatic nitrogens is 1. The standard InChI is InChI=1S/C15H18ClN3O3/c1-11-9-14(18-22-11)17-15(20)10-19(2)7-8-21-13-5-3-12(16)4-6-13/h3-6,9H,7-8,10H2,1-2H3,(H,17,18,20). The molecule has 1 amide bonds. The fraction of sp³-hybridized carbons (Fsp3) is 0.333. The van der Waals surface area contributed by atoms with E-state index in [1.54, 1.807) is 25.1 Å². The summed E-state index contributed by atoms with van der Waals surface area (Å²) in [6.45, 7) is 3.11. The topological polar surface area (TPSA) is 67.6 Å². The van der Waals surface area contributed by atoms with Crippen LogP contribution in [0.3, 0.4) is 0 Å². The highest BCUT2D eigenvalue weighted by atomic mass is 35.5. The second-order valence-corrected chi connectivity index (χ2v) is 5.35. The Bertz CT molecular complexity index is 613. The lowest BCUT2D eigenvalue weighted by molar-refractivity contribution is -0.117. The third-order valence-electron chi connectivity index (χ3n) is 2.86. The van der Waals surface area contributed by atoms with Crippen molar-refractivity contribution in [2.75, 3.05) is 32.1 Å². The summed E-state index contributed by atoms with van der Waals surface area (Å²) in [5.41, 5.74) is 0. The number of ether oxygens (including phenoxy) is 1. The van der Waals surface area contributed by atoms with Crippen molar-refractivity contribution in [2.24, 2.45) is 0 Å². The summed E-state index contributed by atoms with van der Waals surface area (Å²) >= 11 is 5.80. The maximum Gasteiger partial charge on any atom is 0.239 e. The molecule has 1 aromatic carbocycles. The minimum atomic E-state index is -0.151. The number of rotatable bonds is 7.